The highest BCUT2D eigenvalue weighted by Gasteiger charge is 2.21. The molecule has 0 saturated carbocycles. The third kappa shape index (κ3) is 5.16. The van der Waals surface area contributed by atoms with E-state index in [4.69, 9.17) is 5.73 Å². The number of rotatable bonds is 0. The van der Waals surface area contributed by atoms with Gasteiger partial charge >= 0.3 is 0 Å². The molecule has 1 rings (SSSR count). The molecule has 1 aromatic carbocycles. The lowest BCUT2D eigenvalue weighted by Gasteiger charge is -2.20. The predicted molar refractivity (Wildman–Crippen MR) is 72.2 cm³/mol. The van der Waals surface area contributed by atoms with Crippen LogP contribution < -0.4 is 5.73 Å². The molecule has 0 aliphatic carbocycles. The van der Waals surface area contributed by atoms with Gasteiger partial charge in [0.15, 0.2) is 11.6 Å². The van der Waals surface area contributed by atoms with Crippen LogP contribution in [0.25, 0.3) is 0 Å². The van der Waals surface area contributed by atoms with Gasteiger partial charge in [0.2, 0.25) is 0 Å². The van der Waals surface area contributed by atoms with E-state index in [1.54, 1.807) is 0 Å². The lowest BCUT2D eigenvalue weighted by molar-refractivity contribution is 0.467. The summed E-state index contributed by atoms with van der Waals surface area (Å²) in [4.78, 5) is 0. The van der Waals surface area contributed by atoms with Crippen molar-refractivity contribution in [3.05, 3.63) is 29.3 Å². The second-order valence-electron chi connectivity index (χ2n) is 4.08. The Morgan fingerprint density at radius 1 is 0.882 bits per heavy atom. The molecule has 100 valence electrons. The summed E-state index contributed by atoms with van der Waals surface area (Å²) in [6, 6.07) is 2.91. The van der Waals surface area contributed by atoms with E-state index in [0.717, 1.165) is 0 Å². The minimum atomic E-state index is -0.951. The van der Waals surface area contributed by atoms with E-state index in [2.05, 4.69) is 0 Å². The zero-order valence-corrected chi connectivity index (χ0v) is 12.0. The minimum Gasteiger partial charge on any atom is -0.396 e. The zero-order chi connectivity index (χ0) is 14.2. The second kappa shape index (κ2) is 8.04. The fraction of sp³-hybridized carbons (Fsp3) is 0.571. The van der Waals surface area contributed by atoms with Crippen molar-refractivity contribution in [3.8, 4) is 0 Å². The van der Waals surface area contributed by atoms with Crippen molar-refractivity contribution in [3.63, 3.8) is 0 Å². The van der Waals surface area contributed by atoms with E-state index in [9.17, 15) is 8.78 Å². The van der Waals surface area contributed by atoms with Crippen LogP contribution in [0, 0.1) is 11.6 Å². The average molecular weight is 245 g/mol. The maximum atomic E-state index is 13.3. The largest absolute Gasteiger partial charge is 0.396 e. The van der Waals surface area contributed by atoms with Gasteiger partial charge in [0, 0.05) is 0 Å². The van der Waals surface area contributed by atoms with E-state index in [-0.39, 0.29) is 5.69 Å². The Bertz CT molecular complexity index is 328. The van der Waals surface area contributed by atoms with Crippen LogP contribution in [0.2, 0.25) is 0 Å². The Kier molecular flexibility index (Phi) is 8.63. The molecular formula is C14H25F2N. The third-order valence-corrected chi connectivity index (χ3v) is 1.92. The molecule has 2 N–H and O–H groups in total. The van der Waals surface area contributed by atoms with Crippen LogP contribution in [-0.4, -0.2) is 0 Å². The number of hydrogen-bond acceptors (Lipinski definition) is 1. The number of halogens is 2. The van der Waals surface area contributed by atoms with Crippen LogP contribution in [0.4, 0.5) is 14.5 Å². The fourth-order valence-electron chi connectivity index (χ4n) is 1.14. The van der Waals surface area contributed by atoms with Crippen LogP contribution in [0.5, 0.6) is 0 Å². The van der Waals surface area contributed by atoms with Gasteiger partial charge in [0.05, 0.1) is 5.69 Å². The molecule has 1 aromatic rings. The highest BCUT2D eigenvalue weighted by atomic mass is 19.2. The molecule has 0 spiro atoms. The van der Waals surface area contributed by atoms with Crippen molar-refractivity contribution in [2.24, 2.45) is 0 Å². The Morgan fingerprint density at radius 3 is 1.65 bits per heavy atom. The molecule has 3 heteroatoms. The van der Waals surface area contributed by atoms with Gasteiger partial charge in [-0.2, -0.15) is 0 Å². The summed E-state index contributed by atoms with van der Waals surface area (Å²) in [7, 11) is 0. The van der Waals surface area contributed by atoms with Crippen molar-refractivity contribution >= 4 is 5.69 Å². The topological polar surface area (TPSA) is 26.0 Å². The smallest absolute Gasteiger partial charge is 0.181 e. The van der Waals surface area contributed by atoms with Crippen molar-refractivity contribution < 1.29 is 8.78 Å². The molecule has 1 nitrogen and oxygen atoms in total. The molecule has 0 saturated heterocycles. The molecule has 0 heterocycles. The quantitative estimate of drug-likeness (QED) is 0.646. The van der Waals surface area contributed by atoms with Crippen molar-refractivity contribution in [2.45, 2.75) is 53.9 Å². The van der Waals surface area contributed by atoms with Gasteiger partial charge in [0.25, 0.3) is 0 Å². The van der Waals surface area contributed by atoms with Gasteiger partial charge in [-0.15, -0.1) is 0 Å². The minimum absolute atomic E-state index is 0.148. The lowest BCUT2D eigenvalue weighted by Crippen LogP contribution is -2.15. The molecule has 0 aromatic heterocycles. The molecule has 0 aliphatic rings. The lowest BCUT2D eigenvalue weighted by atomic mass is 9.86. The summed E-state index contributed by atoms with van der Waals surface area (Å²) in [5, 5.41) is 0. The van der Waals surface area contributed by atoms with E-state index in [1.165, 1.54) is 12.1 Å². The first-order valence-corrected chi connectivity index (χ1v) is 6.08. The van der Waals surface area contributed by atoms with E-state index in [0.29, 0.717) is 5.56 Å². The molecular weight excluding hydrogens is 220 g/mol. The van der Waals surface area contributed by atoms with Gasteiger partial charge in [-0.1, -0.05) is 54.5 Å². The third-order valence-electron chi connectivity index (χ3n) is 1.92. The van der Waals surface area contributed by atoms with E-state index < -0.39 is 17.0 Å². The highest BCUT2D eigenvalue weighted by molar-refractivity contribution is 5.44. The second-order valence-corrected chi connectivity index (χ2v) is 4.08. The maximum Gasteiger partial charge on any atom is 0.181 e. The van der Waals surface area contributed by atoms with Crippen molar-refractivity contribution in [1.29, 1.82) is 0 Å². The zero-order valence-electron chi connectivity index (χ0n) is 12.0. The van der Waals surface area contributed by atoms with Crippen LogP contribution in [-0.2, 0) is 5.41 Å². The number of nitrogen functional groups attached to an aromatic ring is 1. The molecule has 0 bridgehead atoms. The highest BCUT2D eigenvalue weighted by Crippen LogP contribution is 2.28. The van der Waals surface area contributed by atoms with Crippen LogP contribution in [0.1, 0.15) is 54.0 Å². The van der Waals surface area contributed by atoms with Gasteiger partial charge in [0.1, 0.15) is 0 Å². The van der Waals surface area contributed by atoms with E-state index >= 15 is 0 Å². The Morgan fingerprint density at radius 2 is 1.29 bits per heavy atom. The van der Waals surface area contributed by atoms with Crippen molar-refractivity contribution in [1.82, 2.24) is 0 Å². The molecule has 17 heavy (non-hydrogen) atoms. The molecule has 0 unspecified atom stereocenters. The Labute approximate surface area is 104 Å². The Balaban J connectivity index is 0. The standard InChI is InChI=1S/C10H13F2N.2C2H6/c1-10(2,3)6-4-5-7(13)9(12)8(6)11;2*1-2/h4-5H,13H2,1-3H3;2*1-2H3. The monoisotopic (exact) mass is 245 g/mol. The van der Waals surface area contributed by atoms with Gasteiger partial charge in [-0.05, 0) is 17.0 Å². The first kappa shape index (κ1) is 18.3. The van der Waals surface area contributed by atoms with Crippen LogP contribution in [0.15, 0.2) is 12.1 Å². The molecule has 0 aliphatic heterocycles. The van der Waals surface area contributed by atoms with Gasteiger partial charge < -0.3 is 5.73 Å². The molecule has 0 fully saturated rings. The molecule has 0 atom stereocenters. The molecule has 0 radical (unpaired) electrons. The average Bonchev–Trinajstić information content (AvgIpc) is 2.30. The van der Waals surface area contributed by atoms with Crippen LogP contribution in [0.3, 0.4) is 0 Å². The van der Waals surface area contributed by atoms with E-state index in [1.807, 2.05) is 48.5 Å². The Hall–Kier alpha value is -1.12. The predicted octanol–water partition coefficient (Wildman–Crippen LogP) is 4.90. The SMILES string of the molecule is CC.CC.CC(C)(C)c1ccc(N)c(F)c1F. The summed E-state index contributed by atoms with van der Waals surface area (Å²) >= 11 is 0. The summed E-state index contributed by atoms with van der Waals surface area (Å²) in [5.74, 6) is -1.79. The maximum absolute atomic E-state index is 13.3. The summed E-state index contributed by atoms with van der Waals surface area (Å²) in [5.41, 5.74) is 5.01. The van der Waals surface area contributed by atoms with Gasteiger partial charge in [-0.3, -0.25) is 0 Å². The summed E-state index contributed by atoms with van der Waals surface area (Å²) < 4.78 is 26.3. The first-order valence-electron chi connectivity index (χ1n) is 6.08. The first-order chi connectivity index (χ1) is 7.84. The summed E-state index contributed by atoms with van der Waals surface area (Å²) in [6.45, 7) is 13.5. The number of benzene rings is 1. The number of anilines is 1. The number of hydrogen-bond donors (Lipinski definition) is 1. The molecule has 0 amide bonds. The normalized spacial score (nSPS) is 9.71. The fourth-order valence-corrected chi connectivity index (χ4v) is 1.14. The van der Waals surface area contributed by atoms with Gasteiger partial charge in [-0.25, -0.2) is 8.78 Å². The van der Waals surface area contributed by atoms with Crippen molar-refractivity contribution in [2.75, 3.05) is 5.73 Å². The summed E-state index contributed by atoms with van der Waals surface area (Å²) in [6.07, 6.45) is 0. The number of nitrogens with two attached hydrogens (primary N) is 1. The van der Waals surface area contributed by atoms with Crippen LogP contribution >= 0.6 is 0 Å².